The van der Waals surface area contributed by atoms with E-state index in [-0.39, 0.29) is 16.9 Å². The molecule has 0 aliphatic rings. The minimum Gasteiger partial charge on any atom is -0.545 e. The molecule has 1 heterocycles. The number of hydrogen-bond acceptors (Lipinski definition) is 5. The molecule has 2 rings (SSSR count). The first-order chi connectivity index (χ1) is 9.32. The lowest BCUT2D eigenvalue weighted by molar-refractivity contribution is -0.384. The number of hydrogen-bond donors (Lipinski definition) is 2. The van der Waals surface area contributed by atoms with Crippen molar-refractivity contribution in [3.63, 3.8) is 0 Å². The van der Waals surface area contributed by atoms with Gasteiger partial charge < -0.3 is 9.90 Å². The van der Waals surface area contributed by atoms with E-state index in [2.05, 4.69) is 10.2 Å². The molecule has 0 aliphatic heterocycles. The van der Waals surface area contributed by atoms with Crippen molar-refractivity contribution in [3.05, 3.63) is 49.3 Å². The summed E-state index contributed by atoms with van der Waals surface area (Å²) in [6.45, 7) is 3.43. The van der Waals surface area contributed by atoms with Crippen LogP contribution in [-0.2, 0) is 0 Å². The smallest absolute Gasteiger partial charge is 0.279 e. The highest BCUT2D eigenvalue weighted by atomic mass is 16.6. The molecular weight excluding hydrogens is 266 g/mol. The first-order valence-electron chi connectivity index (χ1n) is 5.61. The van der Waals surface area contributed by atoms with Gasteiger partial charge in [-0.3, -0.25) is 25.1 Å². The summed E-state index contributed by atoms with van der Waals surface area (Å²) in [5.74, 6) is -1.70. The molecule has 0 unspecified atom stereocenters. The second-order valence-electron chi connectivity index (χ2n) is 4.33. The Morgan fingerprint density at radius 1 is 1.20 bits per heavy atom. The highest BCUT2D eigenvalue weighted by Gasteiger charge is 2.22. The normalized spacial score (nSPS) is 10.5. The quantitative estimate of drug-likeness (QED) is 0.612. The van der Waals surface area contributed by atoms with Crippen LogP contribution in [0.4, 0.5) is 5.69 Å². The van der Waals surface area contributed by atoms with Crippen molar-refractivity contribution >= 4 is 11.7 Å². The van der Waals surface area contributed by atoms with Gasteiger partial charge in [-0.2, -0.15) is 0 Å². The summed E-state index contributed by atoms with van der Waals surface area (Å²) in [5.41, 5.74) is -0.555. The van der Waals surface area contributed by atoms with Crippen LogP contribution >= 0.6 is 0 Å². The van der Waals surface area contributed by atoms with E-state index in [1.54, 1.807) is 13.8 Å². The molecule has 0 spiro atoms. The zero-order chi connectivity index (χ0) is 15.0. The predicted molar refractivity (Wildman–Crippen MR) is 67.3 cm³/mol. The third-order valence-corrected chi connectivity index (χ3v) is 3.06. The Balaban J connectivity index is 2.82. The number of nitro groups is 1. The number of carboxylic acids is 1. The van der Waals surface area contributed by atoms with Crippen LogP contribution in [0.2, 0.25) is 0 Å². The number of benzene rings is 1. The maximum absolute atomic E-state index is 11.4. The molecule has 104 valence electrons. The number of nitro benzene ring substituents is 1. The highest BCUT2D eigenvalue weighted by Crippen LogP contribution is 2.32. The predicted octanol–water partition coefficient (Wildman–Crippen LogP) is 0.259. The number of nitrogens with one attached hydrogen (secondary N) is 2. The van der Waals surface area contributed by atoms with Gasteiger partial charge in [-0.15, -0.1) is 0 Å². The van der Waals surface area contributed by atoms with Crippen molar-refractivity contribution in [3.8, 4) is 11.3 Å². The number of carbonyl (C=O) groups excluding carboxylic acids is 1. The maximum atomic E-state index is 11.4. The number of aromatic carboxylic acids is 1. The first-order valence-corrected chi connectivity index (χ1v) is 5.61. The van der Waals surface area contributed by atoms with Crippen molar-refractivity contribution < 1.29 is 14.8 Å². The molecule has 0 saturated carbocycles. The fourth-order valence-corrected chi connectivity index (χ4v) is 1.91. The van der Waals surface area contributed by atoms with Gasteiger partial charge in [0, 0.05) is 6.07 Å². The zero-order valence-electron chi connectivity index (χ0n) is 10.6. The molecule has 8 nitrogen and oxygen atoms in total. The summed E-state index contributed by atoms with van der Waals surface area (Å²) >= 11 is 0. The molecule has 0 saturated heterocycles. The third kappa shape index (κ3) is 2.07. The number of rotatable bonds is 3. The van der Waals surface area contributed by atoms with E-state index in [0.29, 0.717) is 5.56 Å². The zero-order valence-corrected chi connectivity index (χ0v) is 10.6. The van der Waals surface area contributed by atoms with E-state index in [4.69, 9.17) is 0 Å². The average molecular weight is 276 g/mol. The Kier molecular flexibility index (Phi) is 3.15. The van der Waals surface area contributed by atoms with Gasteiger partial charge in [0.25, 0.3) is 11.2 Å². The van der Waals surface area contributed by atoms with Gasteiger partial charge in [0.1, 0.15) is 0 Å². The molecule has 0 radical (unpaired) electrons. The molecule has 0 atom stereocenters. The van der Waals surface area contributed by atoms with Gasteiger partial charge >= 0.3 is 0 Å². The van der Waals surface area contributed by atoms with Gasteiger partial charge in [-0.05, 0) is 31.0 Å². The molecule has 20 heavy (non-hydrogen) atoms. The fourth-order valence-electron chi connectivity index (χ4n) is 1.91. The second-order valence-corrected chi connectivity index (χ2v) is 4.33. The van der Waals surface area contributed by atoms with Crippen LogP contribution in [0.15, 0.2) is 16.9 Å². The number of aryl methyl sites for hydroxylation is 2. The average Bonchev–Trinajstić information content (AvgIpc) is 2.73. The van der Waals surface area contributed by atoms with Gasteiger partial charge in [0.2, 0.25) is 0 Å². The number of aromatic nitrogens is 2. The van der Waals surface area contributed by atoms with Crippen molar-refractivity contribution in [1.29, 1.82) is 0 Å². The van der Waals surface area contributed by atoms with Crippen molar-refractivity contribution in [2.75, 3.05) is 0 Å². The van der Waals surface area contributed by atoms with E-state index in [1.807, 2.05) is 0 Å². The molecule has 0 aliphatic carbocycles. The summed E-state index contributed by atoms with van der Waals surface area (Å²) in [7, 11) is 0. The molecule has 1 aromatic heterocycles. The number of aromatic amines is 2. The van der Waals surface area contributed by atoms with Gasteiger partial charge in [0.15, 0.2) is 0 Å². The summed E-state index contributed by atoms with van der Waals surface area (Å²) in [6, 6.07) is 2.79. The molecular formula is C12H10N3O5-. The maximum Gasteiger partial charge on any atom is 0.279 e. The number of nitrogens with zero attached hydrogens (tertiary/aromatic N) is 1. The summed E-state index contributed by atoms with van der Waals surface area (Å²) in [5, 5.41) is 26.5. The first kappa shape index (κ1) is 13.5. The molecule has 0 bridgehead atoms. The molecule has 1 aromatic carbocycles. The Morgan fingerprint density at radius 2 is 1.80 bits per heavy atom. The Morgan fingerprint density at radius 3 is 2.35 bits per heavy atom. The number of H-pyrrole nitrogens is 2. The van der Waals surface area contributed by atoms with Crippen LogP contribution < -0.4 is 10.7 Å². The minimum absolute atomic E-state index is 0.0238. The standard InChI is InChI=1S/C12H11N3O5/c1-5-3-7(8(15(19)20)4-6(5)2)10-9(12(17)18)11(16)14-13-10/h3-4H,1-2H3,(H,17,18)(H2,13,14,16)/p-1. The molecule has 0 amide bonds. The third-order valence-electron chi connectivity index (χ3n) is 3.06. The van der Waals surface area contributed by atoms with Crippen LogP contribution in [0.3, 0.4) is 0 Å². The van der Waals surface area contributed by atoms with Crippen LogP contribution in [0.25, 0.3) is 11.3 Å². The summed E-state index contributed by atoms with van der Waals surface area (Å²) < 4.78 is 0. The Bertz CT molecular complexity index is 772. The SMILES string of the molecule is Cc1cc(-c2[nH][nH]c(=O)c2C(=O)[O-])c([N+](=O)[O-])cc1C. The summed E-state index contributed by atoms with van der Waals surface area (Å²) in [6.07, 6.45) is 0. The van der Waals surface area contributed by atoms with Gasteiger partial charge in [-0.25, -0.2) is 0 Å². The van der Waals surface area contributed by atoms with Crippen molar-refractivity contribution in [1.82, 2.24) is 10.2 Å². The van der Waals surface area contributed by atoms with Crippen LogP contribution in [0, 0.1) is 24.0 Å². The number of carbonyl (C=O) groups is 1. The van der Waals surface area contributed by atoms with Crippen molar-refractivity contribution in [2.45, 2.75) is 13.8 Å². The Labute approximate surface area is 112 Å². The van der Waals surface area contributed by atoms with E-state index in [9.17, 15) is 24.8 Å². The van der Waals surface area contributed by atoms with E-state index in [0.717, 1.165) is 5.56 Å². The number of carboxylic acid groups (broad SMARTS) is 1. The monoisotopic (exact) mass is 276 g/mol. The fraction of sp³-hybridized carbons (Fsp3) is 0.167. The lowest BCUT2D eigenvalue weighted by Crippen LogP contribution is -2.28. The second kappa shape index (κ2) is 4.65. The molecule has 0 fully saturated rings. The van der Waals surface area contributed by atoms with Gasteiger partial charge in [0.05, 0.1) is 27.7 Å². The van der Waals surface area contributed by atoms with E-state index >= 15 is 0 Å². The topological polar surface area (TPSA) is 132 Å². The largest absolute Gasteiger partial charge is 0.545 e. The molecule has 8 heteroatoms. The van der Waals surface area contributed by atoms with E-state index in [1.165, 1.54) is 12.1 Å². The van der Waals surface area contributed by atoms with Crippen LogP contribution in [0.5, 0.6) is 0 Å². The molecule has 2 aromatic rings. The van der Waals surface area contributed by atoms with E-state index < -0.39 is 22.0 Å². The van der Waals surface area contributed by atoms with Gasteiger partial charge in [-0.1, -0.05) is 0 Å². The minimum atomic E-state index is -1.70. The van der Waals surface area contributed by atoms with Crippen molar-refractivity contribution in [2.24, 2.45) is 0 Å². The Hall–Kier alpha value is -2.90. The lowest BCUT2D eigenvalue weighted by Gasteiger charge is -2.07. The lowest BCUT2D eigenvalue weighted by atomic mass is 10.00. The van der Waals surface area contributed by atoms with Crippen LogP contribution in [-0.4, -0.2) is 21.1 Å². The summed E-state index contributed by atoms with van der Waals surface area (Å²) in [4.78, 5) is 32.9. The molecule has 2 N–H and O–H groups in total. The van der Waals surface area contributed by atoms with Crippen LogP contribution in [0.1, 0.15) is 21.5 Å². The highest BCUT2D eigenvalue weighted by molar-refractivity contribution is 5.94.